The van der Waals surface area contributed by atoms with Crippen LogP contribution in [0.25, 0.3) is 10.8 Å². The number of rotatable bonds is 5. The highest BCUT2D eigenvalue weighted by atomic mass is 32.1. The molecule has 0 spiro atoms. The van der Waals surface area contributed by atoms with Gasteiger partial charge in [-0.2, -0.15) is 5.10 Å². The Morgan fingerprint density at radius 1 is 1.18 bits per heavy atom. The van der Waals surface area contributed by atoms with Gasteiger partial charge in [0.25, 0.3) is 17.4 Å². The molecule has 0 saturated heterocycles. The van der Waals surface area contributed by atoms with Crippen LogP contribution in [0.2, 0.25) is 0 Å². The van der Waals surface area contributed by atoms with Gasteiger partial charge in [-0.3, -0.25) is 25.2 Å². The summed E-state index contributed by atoms with van der Waals surface area (Å²) in [5.74, 6) is -1.19. The molecule has 0 unspecified atom stereocenters. The van der Waals surface area contributed by atoms with E-state index >= 15 is 0 Å². The van der Waals surface area contributed by atoms with Gasteiger partial charge in [0, 0.05) is 17.9 Å². The van der Waals surface area contributed by atoms with E-state index in [1.165, 1.54) is 23.1 Å². The van der Waals surface area contributed by atoms with Crippen molar-refractivity contribution in [3.63, 3.8) is 0 Å². The maximum atomic E-state index is 12.6. The summed E-state index contributed by atoms with van der Waals surface area (Å²) in [7, 11) is 1.54. The SMILES string of the molecule is COCc1nc(C(=O)NNC(=O)c2nn(C(C)C)c(=O)c3ccccc23)cs1. The van der Waals surface area contributed by atoms with E-state index in [0.717, 1.165) is 0 Å². The highest BCUT2D eigenvalue weighted by Crippen LogP contribution is 2.15. The number of benzene rings is 1. The minimum Gasteiger partial charge on any atom is -0.378 e. The monoisotopic (exact) mass is 401 g/mol. The molecule has 2 heterocycles. The van der Waals surface area contributed by atoms with Gasteiger partial charge in [0.05, 0.1) is 18.0 Å². The molecule has 0 atom stereocenters. The third kappa shape index (κ3) is 3.92. The number of amides is 2. The van der Waals surface area contributed by atoms with Crippen LogP contribution < -0.4 is 16.4 Å². The third-order valence-electron chi connectivity index (χ3n) is 3.87. The zero-order chi connectivity index (χ0) is 20.3. The molecule has 10 heteroatoms. The van der Waals surface area contributed by atoms with Gasteiger partial charge in [-0.25, -0.2) is 9.67 Å². The van der Waals surface area contributed by atoms with Crippen LogP contribution in [0, 0.1) is 0 Å². The number of carbonyl (C=O) groups is 2. The van der Waals surface area contributed by atoms with E-state index in [0.29, 0.717) is 22.4 Å². The molecule has 2 aromatic heterocycles. The van der Waals surface area contributed by atoms with E-state index in [1.54, 1.807) is 43.5 Å². The molecule has 1 aromatic carbocycles. The second-order valence-electron chi connectivity index (χ2n) is 6.21. The van der Waals surface area contributed by atoms with Gasteiger partial charge in [0.1, 0.15) is 10.7 Å². The maximum Gasteiger partial charge on any atom is 0.290 e. The predicted octanol–water partition coefficient (Wildman–Crippen LogP) is 1.66. The van der Waals surface area contributed by atoms with Gasteiger partial charge in [-0.15, -0.1) is 11.3 Å². The average Bonchev–Trinajstić information content (AvgIpc) is 3.15. The first-order valence-corrected chi connectivity index (χ1v) is 9.36. The molecule has 2 amide bonds. The van der Waals surface area contributed by atoms with E-state index < -0.39 is 11.8 Å². The summed E-state index contributed by atoms with van der Waals surface area (Å²) < 4.78 is 6.21. The second kappa shape index (κ2) is 8.28. The van der Waals surface area contributed by atoms with Crippen LogP contribution in [0.5, 0.6) is 0 Å². The zero-order valence-corrected chi connectivity index (χ0v) is 16.4. The van der Waals surface area contributed by atoms with Crippen LogP contribution in [0.4, 0.5) is 0 Å². The lowest BCUT2D eigenvalue weighted by Crippen LogP contribution is -2.43. The summed E-state index contributed by atoms with van der Waals surface area (Å²) in [6, 6.07) is 6.48. The number of fused-ring (bicyclic) bond motifs is 1. The number of nitrogens with one attached hydrogen (secondary N) is 2. The molecule has 9 nitrogen and oxygen atoms in total. The van der Waals surface area contributed by atoms with Crippen molar-refractivity contribution in [2.45, 2.75) is 26.5 Å². The zero-order valence-electron chi connectivity index (χ0n) is 15.6. The number of ether oxygens (including phenoxy) is 1. The Labute approximate surface area is 164 Å². The number of methoxy groups -OCH3 is 1. The highest BCUT2D eigenvalue weighted by molar-refractivity contribution is 7.09. The van der Waals surface area contributed by atoms with Crippen molar-refractivity contribution in [3.8, 4) is 0 Å². The summed E-state index contributed by atoms with van der Waals surface area (Å²) in [4.78, 5) is 41.5. The first-order chi connectivity index (χ1) is 13.4. The number of nitrogens with zero attached hydrogens (tertiary/aromatic N) is 3. The minimum absolute atomic E-state index is 0.0440. The molecule has 0 radical (unpaired) electrons. The molecule has 146 valence electrons. The fraction of sp³-hybridized carbons (Fsp3) is 0.278. The quantitative estimate of drug-likeness (QED) is 0.628. The van der Waals surface area contributed by atoms with Crippen molar-refractivity contribution in [1.82, 2.24) is 25.6 Å². The standard InChI is InChI=1S/C18H19N5O4S/c1-10(2)23-18(26)12-7-5-4-6-11(12)15(22-23)17(25)21-20-16(24)13-9-28-14(19-13)8-27-3/h4-7,9-10H,8H2,1-3H3,(H,20,24)(H,21,25). The van der Waals surface area contributed by atoms with Gasteiger partial charge in [-0.1, -0.05) is 18.2 Å². The van der Waals surface area contributed by atoms with Crippen molar-refractivity contribution < 1.29 is 14.3 Å². The van der Waals surface area contributed by atoms with Crippen LogP contribution in [0.15, 0.2) is 34.4 Å². The molecule has 2 N–H and O–H groups in total. The molecule has 3 rings (SSSR count). The van der Waals surface area contributed by atoms with Gasteiger partial charge in [0.15, 0.2) is 5.69 Å². The van der Waals surface area contributed by atoms with Crippen molar-refractivity contribution in [2.75, 3.05) is 7.11 Å². The summed E-state index contributed by atoms with van der Waals surface area (Å²) in [6.07, 6.45) is 0. The lowest BCUT2D eigenvalue weighted by atomic mass is 10.1. The molecule has 3 aromatic rings. The molecule has 0 aliphatic carbocycles. The summed E-state index contributed by atoms with van der Waals surface area (Å²) in [5.41, 5.74) is 4.59. The van der Waals surface area contributed by atoms with Crippen LogP contribution in [0.1, 0.15) is 45.9 Å². The van der Waals surface area contributed by atoms with Gasteiger partial charge in [-0.05, 0) is 19.9 Å². The Kier molecular flexibility index (Phi) is 5.81. The van der Waals surface area contributed by atoms with E-state index in [-0.39, 0.29) is 23.0 Å². The molecule has 28 heavy (non-hydrogen) atoms. The smallest absolute Gasteiger partial charge is 0.290 e. The lowest BCUT2D eigenvalue weighted by Gasteiger charge is -2.13. The Bertz CT molecular complexity index is 1090. The summed E-state index contributed by atoms with van der Waals surface area (Å²) in [6.45, 7) is 3.90. The number of thiazole rings is 1. The van der Waals surface area contributed by atoms with Crippen LogP contribution in [-0.4, -0.2) is 33.7 Å². The number of carbonyl (C=O) groups excluding carboxylic acids is 2. The van der Waals surface area contributed by atoms with Gasteiger partial charge in [0.2, 0.25) is 0 Å². The molecular weight excluding hydrogens is 382 g/mol. The van der Waals surface area contributed by atoms with Crippen molar-refractivity contribution >= 4 is 33.9 Å². The highest BCUT2D eigenvalue weighted by Gasteiger charge is 2.19. The van der Waals surface area contributed by atoms with Gasteiger partial charge < -0.3 is 4.74 Å². The summed E-state index contributed by atoms with van der Waals surface area (Å²) >= 11 is 1.28. The van der Waals surface area contributed by atoms with E-state index in [1.807, 2.05) is 0 Å². The molecule has 0 aliphatic rings. The molecular formula is C18H19N5O4S. The normalized spacial score (nSPS) is 11.0. The van der Waals surface area contributed by atoms with E-state index in [2.05, 4.69) is 20.9 Å². The van der Waals surface area contributed by atoms with Crippen LogP contribution >= 0.6 is 11.3 Å². The lowest BCUT2D eigenvalue weighted by molar-refractivity contribution is 0.0841. The Morgan fingerprint density at radius 3 is 2.54 bits per heavy atom. The Morgan fingerprint density at radius 2 is 1.86 bits per heavy atom. The van der Waals surface area contributed by atoms with E-state index in [4.69, 9.17) is 4.74 Å². The largest absolute Gasteiger partial charge is 0.378 e. The number of hydrogen-bond donors (Lipinski definition) is 2. The molecule has 0 aliphatic heterocycles. The average molecular weight is 401 g/mol. The predicted molar refractivity (Wildman–Crippen MR) is 104 cm³/mol. The van der Waals surface area contributed by atoms with Crippen LogP contribution in [-0.2, 0) is 11.3 Å². The van der Waals surface area contributed by atoms with Crippen molar-refractivity contribution in [1.29, 1.82) is 0 Å². The number of aromatic nitrogens is 3. The van der Waals surface area contributed by atoms with Crippen LogP contribution in [0.3, 0.4) is 0 Å². The van der Waals surface area contributed by atoms with Crippen molar-refractivity contribution in [2.24, 2.45) is 0 Å². The second-order valence-corrected chi connectivity index (χ2v) is 7.15. The van der Waals surface area contributed by atoms with Gasteiger partial charge >= 0.3 is 0 Å². The molecule has 0 saturated carbocycles. The number of hydrogen-bond acceptors (Lipinski definition) is 7. The van der Waals surface area contributed by atoms with Crippen molar-refractivity contribution in [3.05, 3.63) is 56.4 Å². The first kappa shape index (κ1) is 19.6. The molecule has 0 bridgehead atoms. The minimum atomic E-state index is -0.633. The summed E-state index contributed by atoms with van der Waals surface area (Å²) in [5, 5.41) is 7.20. The fourth-order valence-electron chi connectivity index (χ4n) is 2.57. The third-order valence-corrected chi connectivity index (χ3v) is 4.70. The Balaban J connectivity index is 1.84. The number of hydrazine groups is 1. The topological polar surface area (TPSA) is 115 Å². The maximum absolute atomic E-state index is 12.6. The Hall–Kier alpha value is -3.11. The first-order valence-electron chi connectivity index (χ1n) is 8.48. The fourth-order valence-corrected chi connectivity index (χ4v) is 3.31. The van der Waals surface area contributed by atoms with E-state index in [9.17, 15) is 14.4 Å². The molecule has 0 fully saturated rings.